The van der Waals surface area contributed by atoms with E-state index in [9.17, 15) is 27.9 Å². The zero-order valence-corrected chi connectivity index (χ0v) is 12.1. The van der Waals surface area contributed by atoms with Gasteiger partial charge < -0.3 is 10.2 Å². The lowest BCUT2D eigenvalue weighted by Crippen LogP contribution is -2.24. The van der Waals surface area contributed by atoms with E-state index in [-0.39, 0.29) is 5.92 Å². The van der Waals surface area contributed by atoms with Crippen molar-refractivity contribution < 1.29 is 33.0 Å². The van der Waals surface area contributed by atoms with Crippen molar-refractivity contribution in [3.63, 3.8) is 0 Å². The summed E-state index contributed by atoms with van der Waals surface area (Å²) in [5.74, 6) is -3.34. The van der Waals surface area contributed by atoms with Crippen LogP contribution in [0.15, 0.2) is 12.1 Å². The van der Waals surface area contributed by atoms with Crippen LogP contribution < -0.4 is 5.32 Å². The number of carbonyl (C=O) groups is 2. The molecule has 0 aliphatic heterocycles. The van der Waals surface area contributed by atoms with Crippen LogP contribution >= 0.6 is 0 Å². The molecule has 0 heterocycles. The minimum absolute atomic E-state index is 0.0570. The second kappa shape index (κ2) is 6.47. The third kappa shape index (κ3) is 4.14. The second-order valence-electron chi connectivity index (χ2n) is 5.56. The summed E-state index contributed by atoms with van der Waals surface area (Å²) in [6, 6.07) is 2.29. The molecule has 0 radical (unpaired) electrons. The summed E-state index contributed by atoms with van der Waals surface area (Å²) in [4.78, 5) is 22.6. The van der Waals surface area contributed by atoms with Crippen LogP contribution in [0.25, 0.3) is 0 Å². The third-order valence-corrected chi connectivity index (χ3v) is 3.96. The Labute approximate surface area is 130 Å². The largest absolute Gasteiger partial charge is 0.482 e. The predicted octanol–water partition coefficient (Wildman–Crippen LogP) is 4.06. The Bertz CT molecular complexity index is 622. The average Bonchev–Trinajstić information content (AvgIpc) is 2.45. The lowest BCUT2D eigenvalue weighted by atomic mass is 9.82. The van der Waals surface area contributed by atoms with Crippen molar-refractivity contribution in [2.75, 3.05) is 5.32 Å². The van der Waals surface area contributed by atoms with Gasteiger partial charge >= 0.3 is 18.2 Å². The first-order valence-electron chi connectivity index (χ1n) is 7.18. The van der Waals surface area contributed by atoms with Crippen molar-refractivity contribution in [3.05, 3.63) is 28.8 Å². The van der Waals surface area contributed by atoms with Gasteiger partial charge in [-0.1, -0.05) is 19.3 Å². The maximum absolute atomic E-state index is 12.6. The van der Waals surface area contributed by atoms with Crippen LogP contribution in [0.4, 0.5) is 18.9 Å². The molecule has 0 amide bonds. The Balaban J connectivity index is 2.57. The summed E-state index contributed by atoms with van der Waals surface area (Å²) in [6.07, 6.45) is -0.506. The fraction of sp³-hybridized carbons (Fsp3) is 0.467. The molecule has 0 atom stereocenters. The molecule has 23 heavy (non-hydrogen) atoms. The lowest BCUT2D eigenvalue weighted by Gasteiger charge is -2.24. The molecule has 1 aromatic rings. The Hall–Kier alpha value is -2.25. The van der Waals surface area contributed by atoms with Gasteiger partial charge in [-0.05, 0) is 36.5 Å². The monoisotopic (exact) mass is 331 g/mol. The third-order valence-electron chi connectivity index (χ3n) is 3.96. The van der Waals surface area contributed by atoms with Crippen LogP contribution in [-0.2, 0) is 0 Å². The number of carboxylic acids is 2. The highest BCUT2D eigenvalue weighted by Gasteiger charge is 2.32. The number of anilines is 1. The predicted molar refractivity (Wildman–Crippen MR) is 75.9 cm³/mol. The number of rotatable bonds is 4. The van der Waals surface area contributed by atoms with Crippen LogP contribution in [0, 0.1) is 0 Å². The maximum atomic E-state index is 12.6. The van der Waals surface area contributed by atoms with E-state index in [4.69, 9.17) is 5.11 Å². The van der Waals surface area contributed by atoms with Gasteiger partial charge in [0.15, 0.2) is 0 Å². The molecule has 0 unspecified atom stereocenters. The fourth-order valence-corrected chi connectivity index (χ4v) is 2.99. The molecule has 1 aromatic carbocycles. The molecule has 0 spiro atoms. The number of nitrogens with one attached hydrogen (secondary N) is 1. The highest BCUT2D eigenvalue weighted by molar-refractivity contribution is 6.06. The number of halogens is 3. The van der Waals surface area contributed by atoms with Gasteiger partial charge in [0.05, 0.1) is 16.8 Å². The van der Waals surface area contributed by atoms with Crippen molar-refractivity contribution in [1.29, 1.82) is 0 Å². The molecule has 0 saturated heterocycles. The van der Waals surface area contributed by atoms with Gasteiger partial charge in [-0.3, -0.25) is 5.32 Å². The molecule has 1 saturated carbocycles. The zero-order chi connectivity index (χ0) is 17.2. The van der Waals surface area contributed by atoms with Crippen LogP contribution in [0.2, 0.25) is 0 Å². The summed E-state index contributed by atoms with van der Waals surface area (Å²) >= 11 is 0. The number of benzene rings is 1. The van der Waals surface area contributed by atoms with Crippen LogP contribution in [0.3, 0.4) is 0 Å². The molecule has 1 aliphatic rings. The van der Waals surface area contributed by atoms with Gasteiger partial charge in [0.25, 0.3) is 0 Å². The van der Waals surface area contributed by atoms with E-state index >= 15 is 0 Å². The Kier molecular flexibility index (Phi) is 4.82. The molecule has 0 aromatic heterocycles. The summed E-state index contributed by atoms with van der Waals surface area (Å²) in [6.45, 7) is 0. The van der Waals surface area contributed by atoms with Gasteiger partial charge in [0.2, 0.25) is 0 Å². The van der Waals surface area contributed by atoms with Crippen molar-refractivity contribution in [1.82, 2.24) is 0 Å². The number of carboxylic acid groups (broad SMARTS) is 2. The maximum Gasteiger partial charge on any atom is 0.482 e. The molecular weight excluding hydrogens is 315 g/mol. The molecular formula is C15H16F3NO4. The van der Waals surface area contributed by atoms with Crippen molar-refractivity contribution in [2.24, 2.45) is 0 Å². The van der Waals surface area contributed by atoms with E-state index in [0.717, 1.165) is 43.5 Å². The molecule has 126 valence electrons. The van der Waals surface area contributed by atoms with E-state index < -0.39 is 35.1 Å². The van der Waals surface area contributed by atoms with E-state index in [2.05, 4.69) is 0 Å². The summed E-state index contributed by atoms with van der Waals surface area (Å²) in [5.41, 5.74) is -1.81. The molecule has 0 bridgehead atoms. The first-order chi connectivity index (χ1) is 10.7. The fourth-order valence-electron chi connectivity index (χ4n) is 2.99. The molecule has 5 nitrogen and oxygen atoms in total. The van der Waals surface area contributed by atoms with Crippen molar-refractivity contribution in [2.45, 2.75) is 44.3 Å². The minimum Gasteiger partial charge on any atom is -0.478 e. The number of alkyl halides is 3. The van der Waals surface area contributed by atoms with Gasteiger partial charge in [-0.15, -0.1) is 0 Å². The Morgan fingerprint density at radius 1 is 1.04 bits per heavy atom. The minimum atomic E-state index is -4.86. The standard InChI is InChI=1S/C15H16F3NO4/c16-15(17,18)19-11-7-9(8-4-2-1-3-5-8)6-10(13(20)21)12(11)14(22)23/h6-8,19H,1-5H2,(H,20,21)(H,22,23). The summed E-state index contributed by atoms with van der Waals surface area (Å²) in [5, 5.41) is 19.5. The number of hydrogen-bond acceptors (Lipinski definition) is 3. The SMILES string of the molecule is O=C(O)c1cc(C2CCCCC2)cc(NC(F)(F)F)c1C(=O)O. The average molecular weight is 331 g/mol. The van der Waals surface area contributed by atoms with Gasteiger partial charge in [-0.25, -0.2) is 9.59 Å². The van der Waals surface area contributed by atoms with Gasteiger partial charge in [-0.2, -0.15) is 13.2 Å². The molecule has 1 aliphatic carbocycles. The quantitative estimate of drug-likeness (QED) is 0.724. The Morgan fingerprint density at radius 2 is 1.65 bits per heavy atom. The smallest absolute Gasteiger partial charge is 0.478 e. The zero-order valence-electron chi connectivity index (χ0n) is 12.1. The van der Waals surface area contributed by atoms with Crippen LogP contribution in [0.1, 0.15) is 64.3 Å². The topological polar surface area (TPSA) is 86.6 Å². The molecule has 8 heteroatoms. The normalized spacial score (nSPS) is 16.1. The molecule has 3 N–H and O–H groups in total. The first-order valence-corrected chi connectivity index (χ1v) is 7.18. The lowest BCUT2D eigenvalue weighted by molar-refractivity contribution is -0.0999. The van der Waals surface area contributed by atoms with Crippen molar-refractivity contribution in [3.8, 4) is 0 Å². The number of aromatic carboxylic acids is 2. The highest BCUT2D eigenvalue weighted by atomic mass is 19.4. The van der Waals surface area contributed by atoms with E-state index in [1.165, 1.54) is 6.07 Å². The van der Waals surface area contributed by atoms with E-state index in [1.807, 2.05) is 0 Å². The first kappa shape index (κ1) is 17.1. The van der Waals surface area contributed by atoms with Gasteiger partial charge in [0.1, 0.15) is 0 Å². The Morgan fingerprint density at radius 3 is 2.13 bits per heavy atom. The summed E-state index contributed by atoms with van der Waals surface area (Å²) in [7, 11) is 0. The van der Waals surface area contributed by atoms with E-state index in [0.29, 0.717) is 5.56 Å². The van der Waals surface area contributed by atoms with Crippen LogP contribution in [-0.4, -0.2) is 28.5 Å². The van der Waals surface area contributed by atoms with Crippen molar-refractivity contribution >= 4 is 17.6 Å². The molecule has 2 rings (SSSR count). The second-order valence-corrected chi connectivity index (χ2v) is 5.56. The molecule has 1 fully saturated rings. The highest BCUT2D eigenvalue weighted by Crippen LogP contribution is 2.37. The van der Waals surface area contributed by atoms with E-state index in [1.54, 1.807) is 0 Å². The van der Waals surface area contributed by atoms with Crippen LogP contribution in [0.5, 0.6) is 0 Å². The summed E-state index contributed by atoms with van der Waals surface area (Å²) < 4.78 is 37.9. The van der Waals surface area contributed by atoms with Gasteiger partial charge in [0, 0.05) is 0 Å². The number of hydrogen-bond donors (Lipinski definition) is 3.